The maximum absolute atomic E-state index is 4.72. The third kappa shape index (κ3) is 2.23. The second kappa shape index (κ2) is 5.28. The van der Waals surface area contributed by atoms with Gasteiger partial charge in [0.2, 0.25) is 0 Å². The fraction of sp³-hybridized carbons (Fsp3) is 0. The molecule has 0 saturated heterocycles. The SMILES string of the molecule is c1cnc2cc(-c3ccc4nc(-[n+]5ccc6cc[nH]c6c5)[nH]c4c3)[nH]c2c1. The second-order valence-corrected chi connectivity index (χ2v) is 6.61. The molecule has 0 atom stereocenters. The van der Waals surface area contributed by atoms with Gasteiger partial charge in [-0.3, -0.25) is 4.98 Å². The smallest absolute Gasteiger partial charge is 0.359 e. The Kier molecular flexibility index (Phi) is 2.79. The number of hydrogen-bond acceptors (Lipinski definition) is 2. The van der Waals surface area contributed by atoms with Crippen LogP contribution in [-0.4, -0.2) is 24.9 Å². The zero-order valence-corrected chi connectivity index (χ0v) is 14.3. The minimum absolute atomic E-state index is 0.789. The van der Waals surface area contributed by atoms with Gasteiger partial charge >= 0.3 is 5.95 Å². The molecule has 0 aliphatic carbocycles. The minimum atomic E-state index is 0.789. The van der Waals surface area contributed by atoms with Gasteiger partial charge in [-0.05, 0) is 48.5 Å². The highest BCUT2D eigenvalue weighted by Crippen LogP contribution is 2.25. The fourth-order valence-electron chi connectivity index (χ4n) is 3.52. The Balaban J connectivity index is 1.46. The van der Waals surface area contributed by atoms with Crippen LogP contribution in [-0.2, 0) is 0 Å². The maximum Gasteiger partial charge on any atom is 0.401 e. The van der Waals surface area contributed by atoms with Crippen molar-refractivity contribution >= 4 is 33.0 Å². The van der Waals surface area contributed by atoms with Gasteiger partial charge in [-0.15, -0.1) is 0 Å². The standard InChI is InChI=1S/C21H14N6/c1-2-15-18(22-7-1)11-17(24-15)14-3-4-16-19(10-14)26-21(25-16)27-9-6-13-5-8-23-20(13)12-27/h1-12H,(H2,22,24,25,26)/p+1. The van der Waals surface area contributed by atoms with Crippen LogP contribution in [0.1, 0.15) is 0 Å². The van der Waals surface area contributed by atoms with Gasteiger partial charge in [-0.2, -0.15) is 0 Å². The summed E-state index contributed by atoms with van der Waals surface area (Å²) in [5.74, 6) is 0.789. The summed E-state index contributed by atoms with van der Waals surface area (Å²) in [7, 11) is 0. The van der Waals surface area contributed by atoms with Gasteiger partial charge < -0.3 is 9.97 Å². The average molecular weight is 351 g/mol. The molecule has 6 rings (SSSR count). The van der Waals surface area contributed by atoms with Crippen LogP contribution in [0.3, 0.4) is 0 Å². The van der Waals surface area contributed by atoms with Crippen molar-refractivity contribution in [1.29, 1.82) is 0 Å². The van der Waals surface area contributed by atoms with E-state index < -0.39 is 0 Å². The third-order valence-electron chi connectivity index (χ3n) is 4.91. The van der Waals surface area contributed by atoms with E-state index in [0.717, 1.165) is 44.8 Å². The number of nitrogens with zero attached hydrogens (tertiary/aromatic N) is 3. The molecule has 6 aromatic rings. The van der Waals surface area contributed by atoms with E-state index in [4.69, 9.17) is 4.98 Å². The van der Waals surface area contributed by atoms with E-state index in [9.17, 15) is 0 Å². The Morgan fingerprint density at radius 1 is 0.852 bits per heavy atom. The third-order valence-corrected chi connectivity index (χ3v) is 4.91. The highest BCUT2D eigenvalue weighted by atomic mass is 15.2. The van der Waals surface area contributed by atoms with Gasteiger partial charge in [0.05, 0.1) is 28.9 Å². The number of aromatic nitrogens is 6. The zero-order valence-electron chi connectivity index (χ0n) is 14.3. The number of nitrogens with one attached hydrogen (secondary N) is 3. The summed E-state index contributed by atoms with van der Waals surface area (Å²) >= 11 is 0. The molecule has 128 valence electrons. The maximum atomic E-state index is 4.72. The number of pyridine rings is 2. The number of imidazole rings is 1. The van der Waals surface area contributed by atoms with Crippen molar-refractivity contribution in [3.8, 4) is 17.2 Å². The van der Waals surface area contributed by atoms with Crippen LogP contribution in [0.4, 0.5) is 0 Å². The number of fused-ring (bicyclic) bond motifs is 3. The number of aromatic amines is 3. The fourth-order valence-corrected chi connectivity index (χ4v) is 3.52. The molecule has 27 heavy (non-hydrogen) atoms. The van der Waals surface area contributed by atoms with Crippen molar-refractivity contribution in [2.75, 3.05) is 0 Å². The molecule has 5 aromatic heterocycles. The Morgan fingerprint density at radius 2 is 1.85 bits per heavy atom. The van der Waals surface area contributed by atoms with Crippen molar-refractivity contribution in [2.24, 2.45) is 0 Å². The Labute approximate surface area is 153 Å². The van der Waals surface area contributed by atoms with E-state index in [-0.39, 0.29) is 0 Å². The Bertz CT molecular complexity index is 1400. The van der Waals surface area contributed by atoms with Crippen LogP contribution in [0.25, 0.3) is 50.2 Å². The van der Waals surface area contributed by atoms with E-state index in [1.54, 1.807) is 0 Å². The van der Waals surface area contributed by atoms with Crippen molar-refractivity contribution in [3.05, 3.63) is 73.3 Å². The molecule has 0 amide bonds. The van der Waals surface area contributed by atoms with Gasteiger partial charge in [-0.1, -0.05) is 4.98 Å². The zero-order chi connectivity index (χ0) is 17.8. The summed E-state index contributed by atoms with van der Waals surface area (Å²) in [6.45, 7) is 0. The van der Waals surface area contributed by atoms with E-state index in [0.29, 0.717) is 0 Å². The lowest BCUT2D eigenvalue weighted by molar-refractivity contribution is -0.601. The summed E-state index contributed by atoms with van der Waals surface area (Å²) in [6.07, 6.45) is 7.80. The lowest BCUT2D eigenvalue weighted by atomic mass is 10.1. The molecule has 0 fully saturated rings. The topological polar surface area (TPSA) is 77.0 Å². The first-order valence-electron chi connectivity index (χ1n) is 8.76. The van der Waals surface area contributed by atoms with Crippen LogP contribution in [0.2, 0.25) is 0 Å². The summed E-state index contributed by atoms with van der Waals surface area (Å²) in [4.78, 5) is 19.2. The molecule has 0 spiro atoms. The molecule has 0 aliphatic rings. The predicted molar refractivity (Wildman–Crippen MR) is 105 cm³/mol. The molecule has 0 bridgehead atoms. The van der Waals surface area contributed by atoms with E-state index in [1.807, 2.05) is 47.6 Å². The number of H-pyrrole nitrogens is 3. The lowest BCUT2D eigenvalue weighted by Crippen LogP contribution is -2.30. The highest BCUT2D eigenvalue weighted by Gasteiger charge is 2.15. The second-order valence-electron chi connectivity index (χ2n) is 6.61. The van der Waals surface area contributed by atoms with Crippen LogP contribution in [0.5, 0.6) is 0 Å². The first-order chi connectivity index (χ1) is 13.3. The molecule has 0 unspecified atom stereocenters. The first kappa shape index (κ1) is 14.3. The number of benzene rings is 1. The van der Waals surface area contributed by atoms with Gasteiger partial charge in [-0.25, -0.2) is 9.55 Å². The van der Waals surface area contributed by atoms with E-state index >= 15 is 0 Å². The quantitative estimate of drug-likeness (QED) is 0.414. The van der Waals surface area contributed by atoms with Crippen molar-refractivity contribution < 1.29 is 4.57 Å². The minimum Gasteiger partial charge on any atom is -0.359 e. The molecule has 0 aliphatic heterocycles. The Morgan fingerprint density at radius 3 is 2.81 bits per heavy atom. The largest absolute Gasteiger partial charge is 0.401 e. The van der Waals surface area contributed by atoms with Crippen LogP contribution < -0.4 is 4.57 Å². The van der Waals surface area contributed by atoms with Crippen molar-refractivity contribution in [1.82, 2.24) is 24.9 Å². The summed E-state index contributed by atoms with van der Waals surface area (Å²) < 4.78 is 1.99. The highest BCUT2D eigenvalue weighted by molar-refractivity contribution is 5.86. The summed E-state index contributed by atoms with van der Waals surface area (Å²) in [6, 6.07) is 16.4. The van der Waals surface area contributed by atoms with E-state index in [2.05, 4.69) is 50.3 Å². The van der Waals surface area contributed by atoms with Crippen LogP contribution >= 0.6 is 0 Å². The van der Waals surface area contributed by atoms with Gasteiger partial charge in [0, 0.05) is 29.0 Å². The number of rotatable bonds is 2. The van der Waals surface area contributed by atoms with Crippen molar-refractivity contribution in [2.45, 2.75) is 0 Å². The lowest BCUT2D eigenvalue weighted by Gasteiger charge is -1.95. The molecular weight excluding hydrogens is 336 g/mol. The first-order valence-corrected chi connectivity index (χ1v) is 8.76. The Hall–Kier alpha value is -3.93. The van der Waals surface area contributed by atoms with Gasteiger partial charge in [0.15, 0.2) is 5.52 Å². The summed E-state index contributed by atoms with van der Waals surface area (Å²) in [5, 5.41) is 1.18. The monoisotopic (exact) mass is 351 g/mol. The molecule has 6 nitrogen and oxygen atoms in total. The molecule has 0 radical (unpaired) electrons. The molecule has 3 N–H and O–H groups in total. The predicted octanol–water partition coefficient (Wildman–Crippen LogP) is 3.86. The molecule has 1 aromatic carbocycles. The summed E-state index contributed by atoms with van der Waals surface area (Å²) in [5.41, 5.74) is 7.14. The van der Waals surface area contributed by atoms with Crippen LogP contribution in [0, 0.1) is 0 Å². The molecule has 5 heterocycles. The molecular formula is C21H15N6+. The molecule has 0 saturated carbocycles. The van der Waals surface area contributed by atoms with Gasteiger partial charge in [0.25, 0.3) is 0 Å². The molecule has 6 heteroatoms. The number of hydrogen-bond donors (Lipinski definition) is 3. The average Bonchev–Trinajstić information content (AvgIpc) is 3.42. The van der Waals surface area contributed by atoms with Crippen LogP contribution in [0.15, 0.2) is 73.3 Å². The van der Waals surface area contributed by atoms with Crippen molar-refractivity contribution in [3.63, 3.8) is 0 Å². The van der Waals surface area contributed by atoms with Gasteiger partial charge in [0.1, 0.15) is 5.52 Å². The van der Waals surface area contributed by atoms with E-state index in [1.165, 1.54) is 5.39 Å². The normalized spacial score (nSPS) is 11.7.